The van der Waals surface area contributed by atoms with Crippen LogP contribution in [0, 0.1) is 10.8 Å². The number of ether oxygens (including phenoxy) is 1. The van der Waals surface area contributed by atoms with Crippen LogP contribution in [0.25, 0.3) is 21.9 Å². The minimum absolute atomic E-state index is 0.183. The summed E-state index contributed by atoms with van der Waals surface area (Å²) in [5.41, 5.74) is 12.6. The van der Waals surface area contributed by atoms with Gasteiger partial charge in [-0.2, -0.15) is 12.6 Å². The van der Waals surface area contributed by atoms with Crippen LogP contribution in [0.3, 0.4) is 0 Å². The normalized spacial score (nSPS) is 13.0. The highest BCUT2D eigenvalue weighted by molar-refractivity contribution is 7.80. The summed E-state index contributed by atoms with van der Waals surface area (Å²) in [6.45, 7) is 12.4. The fourth-order valence-electron chi connectivity index (χ4n) is 4.88. The van der Waals surface area contributed by atoms with Crippen molar-refractivity contribution < 1.29 is 19.2 Å². The number of aromatic amines is 1. The van der Waals surface area contributed by atoms with Crippen LogP contribution < -0.4 is 16.5 Å². The quantitative estimate of drug-likeness (QED) is 0.0460. The number of nitrogens with zero attached hydrogens (tertiary/aromatic N) is 2. The number of carbonyl (C=O) groups excluding carboxylic acids is 2. The van der Waals surface area contributed by atoms with E-state index in [0.717, 1.165) is 79.0 Å². The number of pyridine rings is 1. The summed E-state index contributed by atoms with van der Waals surface area (Å²) in [5.74, 6) is 1.53. The molecule has 3 rings (SSSR count). The van der Waals surface area contributed by atoms with Crippen molar-refractivity contribution in [3.63, 3.8) is 0 Å². The Morgan fingerprint density at radius 1 is 1.09 bits per heavy atom. The molecule has 44 heavy (non-hydrogen) atoms. The number of nitrogen functional groups attached to an aromatic ring is 1. The number of nitrogens with one attached hydrogen (secondary N) is 3. The Morgan fingerprint density at radius 2 is 1.86 bits per heavy atom. The average molecular weight is 629 g/mol. The van der Waals surface area contributed by atoms with Crippen molar-refractivity contribution in [2.75, 3.05) is 37.8 Å². The number of thiol groups is 1. The Morgan fingerprint density at radius 3 is 2.59 bits per heavy atom. The van der Waals surface area contributed by atoms with Crippen molar-refractivity contribution in [2.24, 2.45) is 10.8 Å². The summed E-state index contributed by atoms with van der Waals surface area (Å²) in [5, 5.41) is 3.98. The first-order chi connectivity index (χ1) is 21.0. The molecular formula is C33H52N6O4S. The highest BCUT2D eigenvalue weighted by Crippen LogP contribution is 2.28. The third kappa shape index (κ3) is 11.0. The second-order valence-electron chi connectivity index (χ2n) is 13.3. The van der Waals surface area contributed by atoms with Crippen LogP contribution in [0.2, 0.25) is 0 Å². The summed E-state index contributed by atoms with van der Waals surface area (Å²) in [7, 11) is 0. The molecule has 0 bridgehead atoms. The predicted molar refractivity (Wildman–Crippen MR) is 181 cm³/mol. The molecule has 1 aromatic carbocycles. The largest absolute Gasteiger partial charge is 0.382 e. The summed E-state index contributed by atoms with van der Waals surface area (Å²) >= 11 is 4.30. The molecule has 0 aliphatic carbocycles. The van der Waals surface area contributed by atoms with E-state index in [1.807, 2.05) is 13.8 Å². The van der Waals surface area contributed by atoms with Gasteiger partial charge in [0.05, 0.1) is 18.7 Å². The first-order valence-electron chi connectivity index (χ1n) is 15.8. The van der Waals surface area contributed by atoms with Crippen molar-refractivity contribution in [3.8, 4) is 0 Å². The van der Waals surface area contributed by atoms with Crippen molar-refractivity contribution in [1.82, 2.24) is 25.7 Å². The zero-order chi connectivity index (χ0) is 32.2. The summed E-state index contributed by atoms with van der Waals surface area (Å²) in [6.07, 6.45) is 7.57. The molecule has 1 atom stereocenters. The lowest BCUT2D eigenvalue weighted by molar-refractivity contribution is -0.137. The van der Waals surface area contributed by atoms with Gasteiger partial charge in [-0.3, -0.25) is 9.63 Å². The molecule has 10 nitrogen and oxygen atoms in total. The van der Waals surface area contributed by atoms with Gasteiger partial charge in [0.2, 0.25) is 0 Å². The van der Waals surface area contributed by atoms with Gasteiger partial charge in [-0.1, -0.05) is 59.6 Å². The number of anilines is 1. The number of nitrogens with two attached hydrogens (primary N) is 1. The molecule has 3 aromatic rings. The number of H-pyrrole nitrogens is 1. The van der Waals surface area contributed by atoms with Crippen LogP contribution >= 0.6 is 12.6 Å². The van der Waals surface area contributed by atoms with Crippen LogP contribution in [0.5, 0.6) is 0 Å². The molecule has 2 aromatic heterocycles. The van der Waals surface area contributed by atoms with Gasteiger partial charge in [-0.05, 0) is 42.7 Å². The Kier molecular flexibility index (Phi) is 13.9. The maximum absolute atomic E-state index is 12.6. The van der Waals surface area contributed by atoms with E-state index < -0.39 is 6.10 Å². The molecule has 0 aliphatic rings. The maximum atomic E-state index is 12.6. The van der Waals surface area contributed by atoms with Crippen molar-refractivity contribution in [3.05, 3.63) is 29.6 Å². The number of carbonyl (C=O) groups is 2. The zero-order valence-corrected chi connectivity index (χ0v) is 28.0. The average Bonchev–Trinajstić information content (AvgIpc) is 3.40. The number of hydrogen-bond donors (Lipinski definition) is 5. The van der Waals surface area contributed by atoms with Gasteiger partial charge >= 0.3 is 0 Å². The number of hydroxylamine groups is 1. The van der Waals surface area contributed by atoms with Crippen LogP contribution in [0.4, 0.5) is 5.82 Å². The Bertz CT molecular complexity index is 1360. The monoisotopic (exact) mass is 628 g/mol. The fourth-order valence-corrected chi connectivity index (χ4v) is 5.12. The number of imidazole rings is 1. The van der Waals surface area contributed by atoms with E-state index in [0.29, 0.717) is 38.5 Å². The SMILES string of the molecule is CCCCc1nc2c([nH]1)c(N)nc1cc(CCCCCNC(=O)C(CS)ONCC(C)(C)COCC(C)(C)CC=O)ccc12. The molecule has 0 aliphatic heterocycles. The Labute approximate surface area is 267 Å². The lowest BCUT2D eigenvalue weighted by atomic mass is 9.91. The van der Waals surface area contributed by atoms with E-state index in [9.17, 15) is 9.59 Å². The molecule has 0 saturated carbocycles. The van der Waals surface area contributed by atoms with Gasteiger partial charge in [-0.25, -0.2) is 15.4 Å². The van der Waals surface area contributed by atoms with Gasteiger partial charge in [0.15, 0.2) is 6.10 Å². The summed E-state index contributed by atoms with van der Waals surface area (Å²) in [4.78, 5) is 41.9. The molecule has 0 saturated heterocycles. The number of fused-ring (bicyclic) bond motifs is 3. The molecule has 0 fully saturated rings. The number of aromatic nitrogens is 3. The first kappa shape index (κ1) is 35.7. The third-order valence-electron chi connectivity index (χ3n) is 7.63. The lowest BCUT2D eigenvalue weighted by Gasteiger charge is -2.28. The van der Waals surface area contributed by atoms with E-state index in [1.165, 1.54) is 5.56 Å². The topological polar surface area (TPSA) is 144 Å². The van der Waals surface area contributed by atoms with Crippen LogP contribution in [-0.4, -0.2) is 65.3 Å². The number of amides is 1. The van der Waals surface area contributed by atoms with E-state index in [4.69, 9.17) is 20.3 Å². The number of unbranched alkanes of at least 4 members (excludes halogenated alkanes) is 3. The summed E-state index contributed by atoms with van der Waals surface area (Å²) in [6, 6.07) is 6.35. The van der Waals surface area contributed by atoms with Crippen LogP contribution in [0.15, 0.2) is 18.2 Å². The number of aldehydes is 1. The number of aryl methyl sites for hydroxylation is 2. The second kappa shape index (κ2) is 17.1. The minimum atomic E-state index is -0.692. The lowest BCUT2D eigenvalue weighted by Crippen LogP contribution is -2.43. The van der Waals surface area contributed by atoms with Gasteiger partial charge in [0, 0.05) is 42.5 Å². The van der Waals surface area contributed by atoms with Crippen LogP contribution in [-0.2, 0) is 32.0 Å². The van der Waals surface area contributed by atoms with Gasteiger partial charge < -0.3 is 25.6 Å². The number of hydrogen-bond acceptors (Lipinski definition) is 9. The minimum Gasteiger partial charge on any atom is -0.382 e. The molecule has 1 unspecified atom stereocenters. The Balaban J connectivity index is 1.36. The van der Waals surface area contributed by atoms with Crippen molar-refractivity contribution >= 4 is 52.6 Å². The van der Waals surface area contributed by atoms with Crippen molar-refractivity contribution in [1.29, 1.82) is 0 Å². The van der Waals surface area contributed by atoms with Crippen molar-refractivity contribution in [2.45, 2.75) is 92.1 Å². The fraction of sp³-hybridized carbons (Fsp3) is 0.636. The first-order valence-corrected chi connectivity index (χ1v) is 16.5. The molecule has 0 spiro atoms. The molecule has 11 heteroatoms. The van der Waals surface area contributed by atoms with E-state index in [2.05, 4.69) is 72.4 Å². The summed E-state index contributed by atoms with van der Waals surface area (Å²) < 4.78 is 5.85. The molecular weight excluding hydrogens is 576 g/mol. The second-order valence-corrected chi connectivity index (χ2v) is 13.6. The standard InChI is InChI=1S/C33H52N6O4S/c1-6-7-12-27-38-28-24-14-13-23(18-25(24)37-30(34)29(28)39-27)11-9-8-10-16-35-31(41)26(19-44)43-36-20-33(4,5)22-42-21-32(2,3)15-17-40/h13-14,17-18,26,36,44H,6-12,15-16,19-22H2,1-5H3,(H2,34,37)(H,35,41)(H,38,39). The third-order valence-corrected chi connectivity index (χ3v) is 7.96. The number of benzene rings is 1. The maximum Gasteiger partial charge on any atom is 0.252 e. The zero-order valence-electron chi connectivity index (χ0n) is 27.1. The van der Waals surface area contributed by atoms with E-state index in [1.54, 1.807) is 0 Å². The predicted octanol–water partition coefficient (Wildman–Crippen LogP) is 5.34. The highest BCUT2D eigenvalue weighted by atomic mass is 32.1. The molecule has 2 heterocycles. The molecule has 5 N–H and O–H groups in total. The van der Waals surface area contributed by atoms with Gasteiger partial charge in [-0.15, -0.1) is 0 Å². The molecule has 0 radical (unpaired) electrons. The van der Waals surface area contributed by atoms with Crippen LogP contribution in [0.1, 0.15) is 84.5 Å². The molecule has 1 amide bonds. The number of rotatable bonds is 21. The highest BCUT2D eigenvalue weighted by Gasteiger charge is 2.24. The smallest absolute Gasteiger partial charge is 0.252 e. The van der Waals surface area contributed by atoms with E-state index in [-0.39, 0.29) is 22.5 Å². The van der Waals surface area contributed by atoms with E-state index >= 15 is 0 Å². The molecule has 244 valence electrons. The van der Waals surface area contributed by atoms with Gasteiger partial charge in [0.25, 0.3) is 5.91 Å². The Hall–Kier alpha value is -2.73. The van der Waals surface area contributed by atoms with Gasteiger partial charge in [0.1, 0.15) is 29.0 Å².